The van der Waals surface area contributed by atoms with Crippen molar-refractivity contribution in [3.8, 4) is 11.5 Å². The van der Waals surface area contributed by atoms with Crippen molar-refractivity contribution in [2.45, 2.75) is 32.7 Å². The van der Waals surface area contributed by atoms with Crippen LogP contribution in [0.25, 0.3) is 11.0 Å². The Bertz CT molecular complexity index is 1870. The zero-order valence-corrected chi connectivity index (χ0v) is 29.8. The molecule has 1 aliphatic heterocycles. The number of para-hydroxylation sites is 1. The predicted octanol–water partition coefficient (Wildman–Crippen LogP) is 4.98. The maximum atomic E-state index is 13.8. The largest absolute Gasteiger partial charge is 0.495 e. The average molecular weight is 682 g/mol. The lowest BCUT2D eigenvalue weighted by molar-refractivity contribution is 0.0990. The first-order valence-corrected chi connectivity index (χ1v) is 16.9. The van der Waals surface area contributed by atoms with Gasteiger partial charge in [0, 0.05) is 38.8 Å². The zero-order chi connectivity index (χ0) is 35.8. The van der Waals surface area contributed by atoms with E-state index in [0.717, 1.165) is 61.6 Å². The fourth-order valence-corrected chi connectivity index (χ4v) is 6.00. The third-order valence-corrected chi connectivity index (χ3v) is 8.82. The van der Waals surface area contributed by atoms with Crippen LogP contribution in [0.15, 0.2) is 60.3 Å². The molecule has 2 heterocycles. The molecule has 264 valence electrons. The molecule has 0 saturated carbocycles. The summed E-state index contributed by atoms with van der Waals surface area (Å²) in [6, 6.07) is 16.1. The molecule has 1 aliphatic rings. The fraction of sp³-hybridized carbons (Fsp3) is 0.395. The number of benzene rings is 3. The number of aryl methyl sites for hydroxylation is 1. The lowest BCUT2D eigenvalue weighted by atomic mass is 10.1. The van der Waals surface area contributed by atoms with Crippen molar-refractivity contribution in [2.24, 2.45) is 0 Å². The summed E-state index contributed by atoms with van der Waals surface area (Å²) in [5.41, 5.74) is 4.95. The van der Waals surface area contributed by atoms with Gasteiger partial charge in [-0.1, -0.05) is 12.1 Å². The summed E-state index contributed by atoms with van der Waals surface area (Å²) >= 11 is 0. The van der Waals surface area contributed by atoms with Gasteiger partial charge >= 0.3 is 0 Å². The van der Waals surface area contributed by atoms with Crippen LogP contribution < -0.4 is 19.7 Å². The number of hydrogen-bond donors (Lipinski definition) is 2. The Morgan fingerprint density at radius 2 is 1.78 bits per heavy atom. The van der Waals surface area contributed by atoms with Crippen LogP contribution in [0.1, 0.15) is 51.4 Å². The van der Waals surface area contributed by atoms with E-state index in [9.17, 15) is 14.4 Å². The number of hydrogen-bond acceptors (Lipinski definition) is 9. The molecular formula is C38H47N7O5. The first kappa shape index (κ1) is 36.1. The van der Waals surface area contributed by atoms with Crippen LogP contribution in [-0.2, 0) is 11.3 Å². The predicted molar refractivity (Wildman–Crippen MR) is 196 cm³/mol. The SMILES string of the molecule is COc1cc(C(=O)N(C)c2ccc(C)cc2OCCCCC(=C=O)N2CCN(C)CC2)ccc1NC(=O)c1cccc2[nH]c(CN(C)C)nc12. The Kier molecular flexibility index (Phi) is 11.9. The van der Waals surface area contributed by atoms with E-state index in [1.165, 1.54) is 7.11 Å². The summed E-state index contributed by atoms with van der Waals surface area (Å²) in [5.74, 6) is 3.25. The number of ether oxygens (including phenoxy) is 2. The summed E-state index contributed by atoms with van der Waals surface area (Å²) in [7, 11) is 9.20. The molecule has 0 atom stereocenters. The third-order valence-electron chi connectivity index (χ3n) is 8.82. The molecule has 0 aliphatic carbocycles. The lowest BCUT2D eigenvalue weighted by Gasteiger charge is -2.34. The molecule has 3 aromatic carbocycles. The van der Waals surface area contributed by atoms with E-state index in [-0.39, 0.29) is 11.8 Å². The molecule has 2 amide bonds. The van der Waals surface area contributed by atoms with Gasteiger partial charge in [0.25, 0.3) is 11.8 Å². The van der Waals surface area contributed by atoms with Crippen LogP contribution in [0, 0.1) is 6.92 Å². The number of allylic oxidation sites excluding steroid dienone is 1. The van der Waals surface area contributed by atoms with Gasteiger partial charge in [-0.2, -0.15) is 0 Å². The van der Waals surface area contributed by atoms with Crippen LogP contribution in [-0.4, -0.2) is 111 Å². The molecule has 1 fully saturated rings. The van der Waals surface area contributed by atoms with E-state index in [0.29, 0.717) is 59.1 Å². The molecule has 4 aromatic rings. The summed E-state index contributed by atoms with van der Waals surface area (Å²) in [5, 5.41) is 2.93. The van der Waals surface area contributed by atoms with Gasteiger partial charge < -0.3 is 39.4 Å². The molecule has 5 rings (SSSR count). The molecule has 0 spiro atoms. The monoisotopic (exact) mass is 681 g/mol. The van der Waals surface area contributed by atoms with Crippen LogP contribution >= 0.6 is 0 Å². The van der Waals surface area contributed by atoms with Crippen molar-refractivity contribution in [3.05, 3.63) is 82.8 Å². The maximum Gasteiger partial charge on any atom is 0.258 e. The number of likely N-dealkylation sites (N-methyl/N-ethyl adjacent to an activating group) is 1. The van der Waals surface area contributed by atoms with Gasteiger partial charge in [0.15, 0.2) is 0 Å². The van der Waals surface area contributed by atoms with Crippen molar-refractivity contribution < 1.29 is 23.9 Å². The second-order valence-corrected chi connectivity index (χ2v) is 13.0. The van der Waals surface area contributed by atoms with Crippen molar-refractivity contribution in [1.82, 2.24) is 24.7 Å². The van der Waals surface area contributed by atoms with E-state index < -0.39 is 0 Å². The lowest BCUT2D eigenvalue weighted by Crippen LogP contribution is -2.44. The molecule has 0 unspecified atom stereocenters. The van der Waals surface area contributed by atoms with Crippen molar-refractivity contribution in [1.29, 1.82) is 0 Å². The Morgan fingerprint density at radius 1 is 1.00 bits per heavy atom. The molecule has 50 heavy (non-hydrogen) atoms. The average Bonchev–Trinajstić information content (AvgIpc) is 3.52. The number of carbonyl (C=O) groups excluding carboxylic acids is 3. The van der Waals surface area contributed by atoms with Gasteiger partial charge in [-0.25, -0.2) is 9.78 Å². The number of aromatic nitrogens is 2. The Morgan fingerprint density at radius 3 is 2.50 bits per heavy atom. The Hall–Kier alpha value is -5.16. The van der Waals surface area contributed by atoms with Crippen molar-refractivity contribution >= 4 is 40.2 Å². The van der Waals surface area contributed by atoms with Gasteiger partial charge in [-0.15, -0.1) is 0 Å². The van der Waals surface area contributed by atoms with Crippen LogP contribution in [0.5, 0.6) is 11.5 Å². The highest BCUT2D eigenvalue weighted by Gasteiger charge is 2.22. The molecule has 12 heteroatoms. The molecule has 1 saturated heterocycles. The fourth-order valence-electron chi connectivity index (χ4n) is 6.00. The highest BCUT2D eigenvalue weighted by molar-refractivity contribution is 6.12. The number of nitrogens with zero attached hydrogens (tertiary/aromatic N) is 5. The van der Waals surface area contributed by atoms with E-state index in [1.807, 2.05) is 56.3 Å². The number of imidazole rings is 1. The van der Waals surface area contributed by atoms with Crippen LogP contribution in [0.3, 0.4) is 0 Å². The molecule has 12 nitrogen and oxygen atoms in total. The highest BCUT2D eigenvalue weighted by Crippen LogP contribution is 2.32. The minimum absolute atomic E-state index is 0.266. The number of unbranched alkanes of at least 4 members (excludes halogenated alkanes) is 1. The number of amides is 2. The summed E-state index contributed by atoms with van der Waals surface area (Å²) in [6.07, 6.45) is 2.20. The first-order valence-electron chi connectivity index (χ1n) is 16.9. The maximum absolute atomic E-state index is 13.8. The van der Waals surface area contributed by atoms with Gasteiger partial charge in [0.1, 0.15) is 28.8 Å². The summed E-state index contributed by atoms with van der Waals surface area (Å²) < 4.78 is 11.8. The minimum atomic E-state index is -0.341. The first-order chi connectivity index (χ1) is 24.1. The number of H-pyrrole nitrogens is 1. The normalized spacial score (nSPS) is 13.3. The quantitative estimate of drug-likeness (QED) is 0.140. The molecule has 0 radical (unpaired) electrons. The van der Waals surface area contributed by atoms with E-state index in [4.69, 9.17) is 9.47 Å². The summed E-state index contributed by atoms with van der Waals surface area (Å²) in [6.45, 7) is 6.59. The van der Waals surface area contributed by atoms with Gasteiger partial charge in [-0.3, -0.25) is 9.59 Å². The standard InChI is InChI=1S/C38H47N7O5/c1-26-13-16-32(34(22-26)50-21-8-7-10-28(25-46)45-19-17-43(4)18-20-45)44(5)38(48)27-14-15-30(33(23-27)49-6)40-37(47)29-11-9-12-31-36(29)41-35(39-31)24-42(2)3/h9,11-16,22-23H,7-8,10,17-21,24H2,1-6H3,(H,39,41)(H,40,47). The Balaban J connectivity index is 1.23. The number of aromatic amines is 1. The highest BCUT2D eigenvalue weighted by atomic mass is 16.5. The zero-order valence-electron chi connectivity index (χ0n) is 29.8. The molecule has 2 N–H and O–H groups in total. The van der Waals surface area contributed by atoms with Crippen LogP contribution in [0.2, 0.25) is 0 Å². The van der Waals surface area contributed by atoms with Gasteiger partial charge in [-0.05, 0) is 95.4 Å². The smallest absolute Gasteiger partial charge is 0.258 e. The summed E-state index contributed by atoms with van der Waals surface area (Å²) in [4.78, 5) is 54.6. The van der Waals surface area contributed by atoms with E-state index in [2.05, 4.69) is 38.1 Å². The number of methoxy groups -OCH3 is 1. The number of fused-ring (bicyclic) bond motifs is 1. The second-order valence-electron chi connectivity index (χ2n) is 13.0. The van der Waals surface area contributed by atoms with E-state index >= 15 is 0 Å². The number of anilines is 2. The Labute approximate surface area is 293 Å². The van der Waals surface area contributed by atoms with Crippen molar-refractivity contribution in [3.63, 3.8) is 0 Å². The number of carbonyl (C=O) groups is 2. The second kappa shape index (κ2) is 16.5. The minimum Gasteiger partial charge on any atom is -0.495 e. The molecular weight excluding hydrogens is 634 g/mol. The topological polar surface area (TPSA) is 123 Å². The van der Waals surface area contributed by atoms with Gasteiger partial charge in [0.05, 0.1) is 48.4 Å². The molecule has 1 aromatic heterocycles. The van der Waals surface area contributed by atoms with Crippen LogP contribution in [0.4, 0.5) is 11.4 Å². The number of rotatable bonds is 14. The third kappa shape index (κ3) is 8.70. The van der Waals surface area contributed by atoms with E-state index in [1.54, 1.807) is 36.2 Å². The molecule has 0 bridgehead atoms. The number of piperazine rings is 1. The van der Waals surface area contributed by atoms with Crippen molar-refractivity contribution in [2.75, 3.05) is 78.3 Å². The number of nitrogens with one attached hydrogen (secondary N) is 2. The van der Waals surface area contributed by atoms with Gasteiger partial charge in [0.2, 0.25) is 0 Å².